The number of hydrogen-bond donors (Lipinski definition) is 1. The van der Waals surface area contributed by atoms with E-state index in [-0.39, 0.29) is 11.2 Å². The molecule has 138 valence electrons. The zero-order valence-corrected chi connectivity index (χ0v) is 16.7. The minimum Gasteiger partial charge on any atom is -0.492 e. The monoisotopic (exact) mass is 391 g/mol. The van der Waals surface area contributed by atoms with E-state index in [1.54, 1.807) is 11.8 Å². The van der Waals surface area contributed by atoms with Crippen molar-refractivity contribution in [2.75, 3.05) is 11.9 Å². The number of aromatic nitrogens is 4. The first-order chi connectivity index (χ1) is 12.6. The average Bonchev–Trinajstić information content (AvgIpc) is 3.26. The van der Waals surface area contributed by atoms with E-state index in [1.165, 1.54) is 11.3 Å². The Balaban J connectivity index is 1.66. The molecule has 0 radical (unpaired) electrons. The van der Waals surface area contributed by atoms with E-state index >= 15 is 0 Å². The maximum absolute atomic E-state index is 5.62. The highest BCUT2D eigenvalue weighted by Crippen LogP contribution is 2.38. The molecule has 0 saturated carbocycles. The van der Waals surface area contributed by atoms with Gasteiger partial charge >= 0.3 is 0 Å². The fourth-order valence-corrected chi connectivity index (χ4v) is 4.06. The van der Waals surface area contributed by atoms with Crippen LogP contribution in [0.5, 0.6) is 5.75 Å². The van der Waals surface area contributed by atoms with Crippen LogP contribution in [0.25, 0.3) is 0 Å². The molecule has 1 N–H and O–H groups in total. The van der Waals surface area contributed by atoms with E-state index in [2.05, 4.69) is 25.7 Å². The maximum atomic E-state index is 5.62. The summed E-state index contributed by atoms with van der Waals surface area (Å²) in [5.41, 5.74) is 0.869. The first-order valence-corrected chi connectivity index (χ1v) is 10.1. The van der Waals surface area contributed by atoms with Crippen molar-refractivity contribution in [3.8, 4) is 5.75 Å². The first kappa shape index (κ1) is 18.7. The SMILES string of the molecule is CCOc1ccccc1Nc1nnc(S[C@H](C)c2nc(C(C)C)no2)s1. The van der Waals surface area contributed by atoms with Crippen LogP contribution in [0.1, 0.15) is 50.6 Å². The smallest absolute Gasteiger partial charge is 0.239 e. The van der Waals surface area contributed by atoms with Gasteiger partial charge in [-0.25, -0.2) is 0 Å². The van der Waals surface area contributed by atoms with E-state index in [1.807, 2.05) is 52.0 Å². The third kappa shape index (κ3) is 4.53. The van der Waals surface area contributed by atoms with Crippen LogP contribution in [0.4, 0.5) is 10.8 Å². The normalized spacial score (nSPS) is 12.3. The third-order valence-corrected chi connectivity index (χ3v) is 5.44. The minimum atomic E-state index is 0.00603. The van der Waals surface area contributed by atoms with Gasteiger partial charge in [-0.15, -0.1) is 10.2 Å². The Morgan fingerprint density at radius 3 is 2.77 bits per heavy atom. The molecule has 0 saturated heterocycles. The highest BCUT2D eigenvalue weighted by Gasteiger charge is 2.19. The zero-order valence-electron chi connectivity index (χ0n) is 15.1. The number of anilines is 2. The van der Waals surface area contributed by atoms with Gasteiger partial charge in [-0.3, -0.25) is 0 Å². The molecule has 2 heterocycles. The number of nitrogens with one attached hydrogen (secondary N) is 1. The maximum Gasteiger partial charge on any atom is 0.239 e. The lowest BCUT2D eigenvalue weighted by Crippen LogP contribution is -1.97. The van der Waals surface area contributed by atoms with Crippen LogP contribution < -0.4 is 10.1 Å². The molecule has 9 heteroatoms. The van der Waals surface area contributed by atoms with Crippen molar-refractivity contribution in [2.24, 2.45) is 0 Å². The number of rotatable bonds is 8. The van der Waals surface area contributed by atoms with Crippen LogP contribution >= 0.6 is 23.1 Å². The molecule has 0 aliphatic rings. The number of hydrogen-bond acceptors (Lipinski definition) is 9. The van der Waals surface area contributed by atoms with Gasteiger partial charge in [0.2, 0.25) is 11.0 Å². The number of ether oxygens (including phenoxy) is 1. The summed E-state index contributed by atoms with van der Waals surface area (Å²) in [4.78, 5) is 4.44. The van der Waals surface area contributed by atoms with E-state index in [0.29, 0.717) is 17.6 Å². The molecule has 3 rings (SSSR count). The Morgan fingerprint density at radius 2 is 2.04 bits per heavy atom. The zero-order chi connectivity index (χ0) is 18.5. The van der Waals surface area contributed by atoms with Crippen molar-refractivity contribution in [1.29, 1.82) is 0 Å². The van der Waals surface area contributed by atoms with Crippen molar-refractivity contribution in [2.45, 2.75) is 43.2 Å². The Hall–Kier alpha value is -2.13. The Kier molecular flexibility index (Phi) is 6.10. The van der Waals surface area contributed by atoms with E-state index in [4.69, 9.17) is 9.26 Å². The second-order valence-electron chi connectivity index (χ2n) is 5.83. The van der Waals surface area contributed by atoms with Crippen LogP contribution in [0.3, 0.4) is 0 Å². The number of nitrogens with zero attached hydrogens (tertiary/aromatic N) is 4. The first-order valence-electron chi connectivity index (χ1n) is 8.39. The largest absolute Gasteiger partial charge is 0.492 e. The Labute approximate surface area is 160 Å². The fraction of sp³-hybridized carbons (Fsp3) is 0.412. The van der Waals surface area contributed by atoms with Gasteiger partial charge in [0.25, 0.3) is 0 Å². The van der Waals surface area contributed by atoms with Gasteiger partial charge in [0.1, 0.15) is 5.75 Å². The van der Waals surface area contributed by atoms with Gasteiger partial charge in [-0.05, 0) is 26.0 Å². The average molecular weight is 392 g/mol. The van der Waals surface area contributed by atoms with Gasteiger partial charge < -0.3 is 14.6 Å². The highest BCUT2D eigenvalue weighted by molar-refractivity contribution is 8.01. The summed E-state index contributed by atoms with van der Waals surface area (Å²) in [5.74, 6) is 2.36. The van der Waals surface area contributed by atoms with Crippen molar-refractivity contribution in [3.63, 3.8) is 0 Å². The summed E-state index contributed by atoms with van der Waals surface area (Å²) in [6.45, 7) is 8.65. The summed E-state index contributed by atoms with van der Waals surface area (Å²) in [6, 6.07) is 7.76. The highest BCUT2D eigenvalue weighted by atomic mass is 32.2. The topological polar surface area (TPSA) is 86.0 Å². The van der Waals surface area contributed by atoms with Crippen LogP contribution in [-0.4, -0.2) is 26.9 Å². The summed E-state index contributed by atoms with van der Waals surface area (Å²) in [5, 5.41) is 16.4. The van der Waals surface area contributed by atoms with Crippen LogP contribution in [0, 0.1) is 0 Å². The second kappa shape index (κ2) is 8.50. The lowest BCUT2D eigenvalue weighted by atomic mass is 10.2. The molecule has 1 atom stereocenters. The molecule has 7 nitrogen and oxygen atoms in total. The summed E-state index contributed by atoms with van der Waals surface area (Å²) >= 11 is 3.02. The quantitative estimate of drug-likeness (QED) is 0.535. The summed E-state index contributed by atoms with van der Waals surface area (Å²) in [6.07, 6.45) is 0. The van der Waals surface area contributed by atoms with E-state index < -0.39 is 0 Å². The Morgan fingerprint density at radius 1 is 1.23 bits per heavy atom. The molecule has 0 spiro atoms. The van der Waals surface area contributed by atoms with Crippen molar-refractivity contribution in [3.05, 3.63) is 36.0 Å². The molecule has 1 aromatic carbocycles. The van der Waals surface area contributed by atoms with Gasteiger partial charge in [0, 0.05) is 5.92 Å². The van der Waals surface area contributed by atoms with E-state index in [9.17, 15) is 0 Å². The molecular weight excluding hydrogens is 370 g/mol. The number of thioether (sulfide) groups is 1. The van der Waals surface area contributed by atoms with Crippen molar-refractivity contribution in [1.82, 2.24) is 20.3 Å². The predicted molar refractivity (Wildman–Crippen MR) is 103 cm³/mol. The van der Waals surface area contributed by atoms with E-state index in [0.717, 1.165) is 21.6 Å². The lowest BCUT2D eigenvalue weighted by molar-refractivity contribution is 0.342. The third-order valence-electron chi connectivity index (χ3n) is 3.43. The Bertz CT molecular complexity index is 849. The van der Waals surface area contributed by atoms with Crippen molar-refractivity contribution < 1.29 is 9.26 Å². The van der Waals surface area contributed by atoms with Crippen LogP contribution in [0.15, 0.2) is 33.1 Å². The standard InChI is InChI=1S/C17H21N5O2S2/c1-5-23-13-9-7-6-8-12(13)18-16-20-21-17(26-16)25-11(4)15-19-14(10(2)3)22-24-15/h6-11H,5H2,1-4H3,(H,18,20)/t11-/m1/s1. The molecule has 26 heavy (non-hydrogen) atoms. The van der Waals surface area contributed by atoms with Crippen LogP contribution in [-0.2, 0) is 0 Å². The number of para-hydroxylation sites is 2. The van der Waals surface area contributed by atoms with Crippen molar-refractivity contribution >= 4 is 33.9 Å². The second-order valence-corrected chi connectivity index (χ2v) is 8.40. The fourth-order valence-electron chi connectivity index (χ4n) is 2.12. The van der Waals surface area contributed by atoms with Gasteiger partial charge in [-0.1, -0.05) is 54.2 Å². The summed E-state index contributed by atoms with van der Waals surface area (Å²) in [7, 11) is 0. The minimum absolute atomic E-state index is 0.00603. The summed E-state index contributed by atoms with van der Waals surface area (Å²) < 4.78 is 11.8. The molecule has 0 fully saturated rings. The van der Waals surface area contributed by atoms with Crippen LogP contribution in [0.2, 0.25) is 0 Å². The molecule has 2 aromatic heterocycles. The predicted octanol–water partition coefficient (Wildman–Crippen LogP) is 5.04. The lowest BCUT2D eigenvalue weighted by Gasteiger charge is -2.09. The molecule has 0 aliphatic carbocycles. The number of benzene rings is 1. The van der Waals surface area contributed by atoms with Gasteiger partial charge in [-0.2, -0.15) is 4.98 Å². The van der Waals surface area contributed by atoms with Gasteiger partial charge in [0.05, 0.1) is 17.5 Å². The molecule has 0 unspecified atom stereocenters. The molecular formula is C17H21N5O2S2. The molecule has 0 amide bonds. The molecule has 0 bridgehead atoms. The van der Waals surface area contributed by atoms with Gasteiger partial charge in [0.15, 0.2) is 10.2 Å². The molecule has 3 aromatic rings. The molecule has 0 aliphatic heterocycles.